The number of carbonyl (C=O) groups excluding carboxylic acids is 1. The Morgan fingerprint density at radius 3 is 2.87 bits per heavy atom. The Bertz CT molecular complexity index is 393. The van der Waals surface area contributed by atoms with Gasteiger partial charge in [0.1, 0.15) is 0 Å². The van der Waals surface area contributed by atoms with E-state index in [-0.39, 0.29) is 16.8 Å². The molecule has 0 saturated heterocycles. The van der Waals surface area contributed by atoms with Crippen LogP contribution in [0.15, 0.2) is 18.2 Å². The molecule has 80 valence electrons. The summed E-state index contributed by atoms with van der Waals surface area (Å²) in [6, 6.07) is 4.33. The summed E-state index contributed by atoms with van der Waals surface area (Å²) < 4.78 is 13.3. The lowest BCUT2D eigenvalue weighted by Crippen LogP contribution is -2.30. The van der Waals surface area contributed by atoms with Crippen molar-refractivity contribution in [1.29, 1.82) is 0 Å². The fraction of sp³-hybridized carbons (Fsp3) is 0.300. The van der Waals surface area contributed by atoms with E-state index in [1.165, 1.54) is 12.1 Å². The quantitative estimate of drug-likeness (QED) is 0.803. The Morgan fingerprint density at radius 2 is 2.20 bits per heavy atom. The summed E-state index contributed by atoms with van der Waals surface area (Å²) in [7, 11) is 0. The second-order valence-corrected chi connectivity index (χ2v) is 3.88. The largest absolute Gasteiger partial charge is 0.335 e. The summed E-state index contributed by atoms with van der Waals surface area (Å²) in [6.07, 6.45) is 1.98. The van der Waals surface area contributed by atoms with E-state index < -0.39 is 11.8 Å². The molecule has 0 radical (unpaired) electrons. The van der Waals surface area contributed by atoms with Crippen LogP contribution >= 0.6 is 11.6 Å². The lowest BCUT2D eigenvalue weighted by Gasteiger charge is -2.07. The highest BCUT2D eigenvalue weighted by atomic mass is 35.5. The van der Waals surface area contributed by atoms with Crippen LogP contribution in [0.5, 0.6) is 0 Å². The molecule has 1 aliphatic rings. The summed E-state index contributed by atoms with van der Waals surface area (Å²) in [5.74, 6) is -0.606. The van der Waals surface area contributed by atoms with Crippen molar-refractivity contribution in [3.8, 4) is 0 Å². The Morgan fingerprint density at radius 1 is 1.47 bits per heavy atom. The van der Waals surface area contributed by atoms with Gasteiger partial charge in [0.25, 0.3) is 0 Å². The van der Waals surface area contributed by atoms with Crippen LogP contribution in [0.2, 0.25) is 5.02 Å². The maximum atomic E-state index is 13.3. The molecule has 15 heavy (non-hydrogen) atoms. The monoisotopic (exact) mass is 228 g/mol. The molecular formula is C10H10ClFN2O. The minimum Gasteiger partial charge on any atom is -0.335 e. The van der Waals surface area contributed by atoms with Crippen LogP contribution in [-0.2, 0) is 0 Å². The maximum Gasteiger partial charge on any atom is 0.319 e. The zero-order chi connectivity index (χ0) is 10.8. The molecule has 0 aromatic heterocycles. The first-order chi connectivity index (χ1) is 7.16. The zero-order valence-corrected chi connectivity index (χ0v) is 8.64. The number of carbonyl (C=O) groups is 1. The summed E-state index contributed by atoms with van der Waals surface area (Å²) in [5.41, 5.74) is 0.0978. The van der Waals surface area contributed by atoms with Crippen molar-refractivity contribution in [2.45, 2.75) is 18.9 Å². The highest BCUT2D eigenvalue weighted by Crippen LogP contribution is 2.22. The Hall–Kier alpha value is -1.29. The van der Waals surface area contributed by atoms with Gasteiger partial charge in [-0.2, -0.15) is 0 Å². The molecule has 1 aromatic carbocycles. The van der Waals surface area contributed by atoms with Crippen LogP contribution in [0, 0.1) is 5.82 Å². The van der Waals surface area contributed by atoms with Crippen molar-refractivity contribution < 1.29 is 9.18 Å². The molecule has 3 nitrogen and oxygen atoms in total. The van der Waals surface area contributed by atoms with Gasteiger partial charge < -0.3 is 10.6 Å². The van der Waals surface area contributed by atoms with Gasteiger partial charge in [0.2, 0.25) is 0 Å². The lowest BCUT2D eigenvalue weighted by atomic mass is 10.3. The number of urea groups is 1. The van der Waals surface area contributed by atoms with Gasteiger partial charge in [0.15, 0.2) is 5.82 Å². The van der Waals surface area contributed by atoms with E-state index in [0.29, 0.717) is 0 Å². The Kier molecular flexibility index (Phi) is 2.77. The fourth-order valence-corrected chi connectivity index (χ4v) is 1.35. The summed E-state index contributed by atoms with van der Waals surface area (Å²) in [6.45, 7) is 0. The Balaban J connectivity index is 2.02. The minimum atomic E-state index is -0.606. The molecule has 2 amide bonds. The van der Waals surface area contributed by atoms with Crippen molar-refractivity contribution >= 4 is 23.3 Å². The molecular weight excluding hydrogens is 219 g/mol. The van der Waals surface area contributed by atoms with Gasteiger partial charge in [-0.25, -0.2) is 9.18 Å². The predicted molar refractivity (Wildman–Crippen MR) is 56.6 cm³/mol. The SMILES string of the molecule is O=C(Nc1cccc(Cl)c1F)NC1CC1. The highest BCUT2D eigenvalue weighted by molar-refractivity contribution is 6.31. The number of amides is 2. The molecule has 2 rings (SSSR count). The van der Waals surface area contributed by atoms with Gasteiger partial charge in [-0.1, -0.05) is 17.7 Å². The number of hydrogen-bond acceptors (Lipinski definition) is 1. The molecule has 1 aromatic rings. The van der Waals surface area contributed by atoms with E-state index in [4.69, 9.17) is 11.6 Å². The van der Waals surface area contributed by atoms with Crippen LogP contribution in [0.3, 0.4) is 0 Å². The first kappa shape index (κ1) is 10.2. The first-order valence-corrected chi connectivity index (χ1v) is 5.06. The Labute approximate surface area is 91.6 Å². The molecule has 0 heterocycles. The number of benzene rings is 1. The third kappa shape index (κ3) is 2.59. The average molecular weight is 229 g/mol. The molecule has 0 unspecified atom stereocenters. The second-order valence-electron chi connectivity index (χ2n) is 3.47. The highest BCUT2D eigenvalue weighted by Gasteiger charge is 2.23. The number of halogens is 2. The van der Waals surface area contributed by atoms with Crippen molar-refractivity contribution in [2.24, 2.45) is 0 Å². The van der Waals surface area contributed by atoms with Crippen molar-refractivity contribution in [3.05, 3.63) is 29.0 Å². The van der Waals surface area contributed by atoms with Gasteiger partial charge in [-0.05, 0) is 25.0 Å². The van der Waals surface area contributed by atoms with Crippen LogP contribution in [0.25, 0.3) is 0 Å². The number of hydrogen-bond donors (Lipinski definition) is 2. The van der Waals surface area contributed by atoms with E-state index >= 15 is 0 Å². The standard InChI is InChI=1S/C10H10ClFN2O/c11-7-2-1-3-8(9(7)12)14-10(15)13-6-4-5-6/h1-3,6H,4-5H2,(H2,13,14,15). The lowest BCUT2D eigenvalue weighted by molar-refractivity contribution is 0.251. The molecule has 0 bridgehead atoms. The number of anilines is 1. The van der Waals surface area contributed by atoms with Gasteiger partial charge in [0, 0.05) is 6.04 Å². The van der Waals surface area contributed by atoms with E-state index in [1.54, 1.807) is 6.07 Å². The molecule has 2 N–H and O–H groups in total. The molecule has 5 heteroatoms. The summed E-state index contributed by atoms with van der Waals surface area (Å²) in [5, 5.41) is 5.10. The molecule has 0 spiro atoms. The van der Waals surface area contributed by atoms with Crippen LogP contribution in [0.1, 0.15) is 12.8 Å². The van der Waals surface area contributed by atoms with Gasteiger partial charge >= 0.3 is 6.03 Å². The van der Waals surface area contributed by atoms with Crippen LogP contribution in [-0.4, -0.2) is 12.1 Å². The summed E-state index contributed by atoms with van der Waals surface area (Å²) >= 11 is 5.57. The third-order valence-corrected chi connectivity index (χ3v) is 2.40. The first-order valence-electron chi connectivity index (χ1n) is 4.68. The van der Waals surface area contributed by atoms with E-state index in [9.17, 15) is 9.18 Å². The molecule has 1 aliphatic carbocycles. The molecule has 0 aliphatic heterocycles. The van der Waals surface area contributed by atoms with Gasteiger partial charge in [0.05, 0.1) is 10.7 Å². The predicted octanol–water partition coefficient (Wildman–Crippen LogP) is 2.76. The zero-order valence-electron chi connectivity index (χ0n) is 7.89. The van der Waals surface area contributed by atoms with Gasteiger partial charge in [-0.15, -0.1) is 0 Å². The topological polar surface area (TPSA) is 41.1 Å². The number of rotatable bonds is 2. The van der Waals surface area contributed by atoms with Crippen molar-refractivity contribution in [2.75, 3.05) is 5.32 Å². The molecule has 1 fully saturated rings. The summed E-state index contributed by atoms with van der Waals surface area (Å²) in [4.78, 5) is 11.3. The maximum absolute atomic E-state index is 13.3. The van der Waals surface area contributed by atoms with Crippen LogP contribution < -0.4 is 10.6 Å². The van der Waals surface area contributed by atoms with Gasteiger partial charge in [-0.3, -0.25) is 0 Å². The average Bonchev–Trinajstić information content (AvgIpc) is 2.97. The fourth-order valence-electron chi connectivity index (χ4n) is 1.17. The molecule has 0 atom stereocenters. The third-order valence-electron chi connectivity index (χ3n) is 2.11. The van der Waals surface area contributed by atoms with Crippen molar-refractivity contribution in [3.63, 3.8) is 0 Å². The number of nitrogens with one attached hydrogen (secondary N) is 2. The van der Waals surface area contributed by atoms with E-state index in [1.807, 2.05) is 0 Å². The molecule has 1 saturated carbocycles. The minimum absolute atomic E-state index is 0.000720. The normalized spacial score (nSPS) is 14.8. The smallest absolute Gasteiger partial charge is 0.319 e. The van der Waals surface area contributed by atoms with E-state index in [0.717, 1.165) is 12.8 Å². The van der Waals surface area contributed by atoms with E-state index in [2.05, 4.69) is 10.6 Å². The van der Waals surface area contributed by atoms with Crippen molar-refractivity contribution in [1.82, 2.24) is 5.32 Å². The second kappa shape index (κ2) is 4.06. The van der Waals surface area contributed by atoms with Crippen LogP contribution in [0.4, 0.5) is 14.9 Å².